The zero-order chi connectivity index (χ0) is 13.8. The number of ketones is 1. The van der Waals surface area contributed by atoms with Crippen molar-refractivity contribution in [3.63, 3.8) is 0 Å². The van der Waals surface area contributed by atoms with E-state index in [2.05, 4.69) is 0 Å². The smallest absolute Gasteiger partial charge is 0.170 e. The molecule has 0 aromatic heterocycles. The topological polar surface area (TPSA) is 43.1 Å². The first kappa shape index (κ1) is 13.4. The van der Waals surface area contributed by atoms with E-state index in [0.29, 0.717) is 6.54 Å². The number of carbonyl (C=O) groups is 1. The van der Waals surface area contributed by atoms with Crippen LogP contribution in [0.5, 0.6) is 0 Å². The second-order valence-electron chi connectivity index (χ2n) is 4.56. The number of halogens is 1. The lowest BCUT2D eigenvalue weighted by atomic mass is 9.97. The van der Waals surface area contributed by atoms with E-state index in [0.717, 1.165) is 16.7 Å². The van der Waals surface area contributed by atoms with Crippen molar-refractivity contribution in [3.8, 4) is 0 Å². The first-order chi connectivity index (χ1) is 9.11. The molecule has 0 atom stereocenters. The molecule has 0 bridgehead atoms. The van der Waals surface area contributed by atoms with Gasteiger partial charge in [-0.25, -0.2) is 4.39 Å². The van der Waals surface area contributed by atoms with E-state index in [4.69, 9.17) is 5.73 Å². The molecule has 0 unspecified atom stereocenters. The molecule has 0 amide bonds. The van der Waals surface area contributed by atoms with Crippen molar-refractivity contribution in [1.29, 1.82) is 0 Å². The van der Waals surface area contributed by atoms with Crippen LogP contribution in [-0.2, 0) is 13.0 Å². The van der Waals surface area contributed by atoms with Crippen LogP contribution in [-0.4, -0.2) is 5.78 Å². The summed E-state index contributed by atoms with van der Waals surface area (Å²) in [6, 6.07) is 12.0. The molecule has 0 fully saturated rings. The van der Waals surface area contributed by atoms with Gasteiger partial charge in [0.05, 0.1) is 5.56 Å². The van der Waals surface area contributed by atoms with Crippen LogP contribution in [0.4, 0.5) is 4.39 Å². The van der Waals surface area contributed by atoms with Gasteiger partial charge in [0.25, 0.3) is 0 Å². The lowest BCUT2D eigenvalue weighted by Crippen LogP contribution is -2.10. The van der Waals surface area contributed by atoms with Crippen molar-refractivity contribution in [1.82, 2.24) is 0 Å². The third kappa shape index (κ3) is 3.06. The van der Waals surface area contributed by atoms with Crippen LogP contribution in [0.2, 0.25) is 0 Å². The highest BCUT2D eigenvalue weighted by Crippen LogP contribution is 2.15. The number of Topliss-reactive ketones (excluding diaryl/α,β-unsaturated/α-hetero) is 1. The predicted molar refractivity (Wildman–Crippen MR) is 73.5 cm³/mol. The first-order valence-corrected chi connectivity index (χ1v) is 6.18. The second-order valence-corrected chi connectivity index (χ2v) is 4.56. The molecule has 2 N–H and O–H groups in total. The van der Waals surface area contributed by atoms with Crippen LogP contribution in [0.25, 0.3) is 0 Å². The fraction of sp³-hybridized carbons (Fsp3) is 0.188. The molecule has 0 heterocycles. The predicted octanol–water partition coefficient (Wildman–Crippen LogP) is 3.02. The summed E-state index contributed by atoms with van der Waals surface area (Å²) in [5.41, 5.74) is 8.43. The molecule has 0 saturated heterocycles. The van der Waals surface area contributed by atoms with E-state index < -0.39 is 5.82 Å². The molecule has 0 spiro atoms. The van der Waals surface area contributed by atoms with Gasteiger partial charge in [0.15, 0.2) is 5.78 Å². The highest BCUT2D eigenvalue weighted by molar-refractivity contribution is 5.98. The second kappa shape index (κ2) is 5.76. The Hall–Kier alpha value is -2.00. The normalized spacial score (nSPS) is 10.5. The highest BCUT2D eigenvalue weighted by Gasteiger charge is 2.13. The largest absolute Gasteiger partial charge is 0.326 e. The van der Waals surface area contributed by atoms with Gasteiger partial charge >= 0.3 is 0 Å². The Kier molecular flexibility index (Phi) is 4.07. The summed E-state index contributed by atoms with van der Waals surface area (Å²) in [4.78, 5) is 12.2. The molecule has 98 valence electrons. The Morgan fingerprint density at radius 3 is 2.53 bits per heavy atom. The summed E-state index contributed by atoms with van der Waals surface area (Å²) in [6.45, 7) is 2.21. The summed E-state index contributed by atoms with van der Waals surface area (Å²) >= 11 is 0. The van der Waals surface area contributed by atoms with E-state index in [1.807, 2.05) is 31.2 Å². The van der Waals surface area contributed by atoms with Gasteiger partial charge in [0.1, 0.15) is 5.82 Å². The maximum absolute atomic E-state index is 13.7. The van der Waals surface area contributed by atoms with Crippen molar-refractivity contribution in [3.05, 3.63) is 70.5 Å². The Bertz CT molecular complexity index is 607. The molecule has 0 radical (unpaired) electrons. The molecular weight excluding hydrogens is 241 g/mol. The van der Waals surface area contributed by atoms with Crippen molar-refractivity contribution >= 4 is 5.78 Å². The number of hydrogen-bond acceptors (Lipinski definition) is 2. The SMILES string of the molecule is Cc1ccc(F)c(C(=O)Cc2ccccc2CN)c1. The number of aryl methyl sites for hydroxylation is 1. The van der Waals surface area contributed by atoms with Gasteiger partial charge in [-0.05, 0) is 30.2 Å². The summed E-state index contributed by atoms with van der Waals surface area (Å²) < 4.78 is 13.7. The van der Waals surface area contributed by atoms with Gasteiger partial charge in [-0.3, -0.25) is 4.79 Å². The van der Waals surface area contributed by atoms with Gasteiger partial charge in [-0.2, -0.15) is 0 Å². The highest BCUT2D eigenvalue weighted by atomic mass is 19.1. The Morgan fingerprint density at radius 2 is 1.84 bits per heavy atom. The van der Waals surface area contributed by atoms with Crippen LogP contribution in [0.1, 0.15) is 27.0 Å². The van der Waals surface area contributed by atoms with E-state index in [9.17, 15) is 9.18 Å². The quantitative estimate of drug-likeness (QED) is 0.855. The molecule has 0 aliphatic carbocycles. The molecule has 0 saturated carbocycles. The number of benzene rings is 2. The van der Waals surface area contributed by atoms with E-state index in [1.165, 1.54) is 6.07 Å². The Balaban J connectivity index is 2.28. The van der Waals surface area contributed by atoms with Crippen LogP contribution < -0.4 is 5.73 Å². The fourth-order valence-corrected chi connectivity index (χ4v) is 2.05. The van der Waals surface area contributed by atoms with Crippen LogP contribution in [0, 0.1) is 12.7 Å². The summed E-state index contributed by atoms with van der Waals surface area (Å²) in [7, 11) is 0. The van der Waals surface area contributed by atoms with Gasteiger partial charge in [-0.15, -0.1) is 0 Å². The maximum Gasteiger partial charge on any atom is 0.170 e. The van der Waals surface area contributed by atoms with Crippen molar-refractivity contribution in [2.24, 2.45) is 5.73 Å². The average molecular weight is 257 g/mol. The lowest BCUT2D eigenvalue weighted by Gasteiger charge is -2.08. The lowest BCUT2D eigenvalue weighted by molar-refractivity contribution is 0.0989. The van der Waals surface area contributed by atoms with Crippen molar-refractivity contribution < 1.29 is 9.18 Å². The molecule has 2 nitrogen and oxygen atoms in total. The zero-order valence-corrected chi connectivity index (χ0v) is 10.8. The minimum atomic E-state index is -0.471. The molecule has 0 aliphatic rings. The van der Waals surface area contributed by atoms with Gasteiger partial charge in [0, 0.05) is 13.0 Å². The number of hydrogen-bond donors (Lipinski definition) is 1. The molecular formula is C16H16FNO. The van der Waals surface area contributed by atoms with Gasteiger partial charge in [-0.1, -0.05) is 35.9 Å². The first-order valence-electron chi connectivity index (χ1n) is 6.18. The van der Waals surface area contributed by atoms with E-state index in [1.54, 1.807) is 12.1 Å². The number of carbonyl (C=O) groups excluding carboxylic acids is 1. The molecule has 2 aromatic rings. The Labute approximate surface area is 112 Å². The summed E-state index contributed by atoms with van der Waals surface area (Å²) in [5.74, 6) is -0.692. The van der Waals surface area contributed by atoms with Crippen LogP contribution in [0.15, 0.2) is 42.5 Å². The zero-order valence-electron chi connectivity index (χ0n) is 10.8. The number of nitrogens with two attached hydrogens (primary N) is 1. The van der Waals surface area contributed by atoms with Crippen LogP contribution in [0.3, 0.4) is 0 Å². The monoisotopic (exact) mass is 257 g/mol. The summed E-state index contributed by atoms with van der Waals surface area (Å²) in [5, 5.41) is 0. The summed E-state index contributed by atoms with van der Waals surface area (Å²) in [6.07, 6.45) is 0.174. The van der Waals surface area contributed by atoms with E-state index >= 15 is 0 Å². The number of rotatable bonds is 4. The minimum Gasteiger partial charge on any atom is -0.326 e. The Morgan fingerprint density at radius 1 is 1.16 bits per heavy atom. The molecule has 19 heavy (non-hydrogen) atoms. The van der Waals surface area contributed by atoms with E-state index in [-0.39, 0.29) is 17.8 Å². The molecule has 0 aliphatic heterocycles. The standard InChI is InChI=1S/C16H16FNO/c1-11-6-7-15(17)14(8-11)16(19)9-12-4-2-3-5-13(12)10-18/h2-8H,9-10,18H2,1H3. The third-order valence-electron chi connectivity index (χ3n) is 3.11. The van der Waals surface area contributed by atoms with Crippen molar-refractivity contribution in [2.45, 2.75) is 19.9 Å². The van der Waals surface area contributed by atoms with Crippen LogP contribution >= 0.6 is 0 Å². The molecule has 2 rings (SSSR count). The third-order valence-corrected chi connectivity index (χ3v) is 3.11. The van der Waals surface area contributed by atoms with Gasteiger partial charge in [0.2, 0.25) is 0 Å². The minimum absolute atomic E-state index is 0.145. The fourth-order valence-electron chi connectivity index (χ4n) is 2.05. The maximum atomic E-state index is 13.7. The van der Waals surface area contributed by atoms with Crippen molar-refractivity contribution in [2.75, 3.05) is 0 Å². The van der Waals surface area contributed by atoms with Gasteiger partial charge < -0.3 is 5.73 Å². The molecule has 3 heteroatoms. The molecule has 2 aromatic carbocycles. The average Bonchev–Trinajstić information content (AvgIpc) is 2.42.